The van der Waals surface area contributed by atoms with Gasteiger partial charge in [0.1, 0.15) is 0 Å². The Morgan fingerprint density at radius 1 is 1.25 bits per heavy atom. The highest BCUT2D eigenvalue weighted by molar-refractivity contribution is 5.97. The molecule has 1 heterocycles. The molecule has 110 valence electrons. The number of piperidine rings is 1. The second kappa shape index (κ2) is 6.53. The lowest BCUT2D eigenvalue weighted by Gasteiger charge is -2.42. The maximum Gasteiger partial charge on any atom is 0.166 e. The molecule has 0 amide bonds. The maximum atomic E-state index is 12.5. The maximum absolute atomic E-state index is 12.5. The first-order chi connectivity index (χ1) is 9.49. The van der Waals surface area contributed by atoms with Crippen molar-refractivity contribution in [3.8, 4) is 0 Å². The number of benzene rings is 1. The Hall–Kier alpha value is -1.15. The summed E-state index contributed by atoms with van der Waals surface area (Å²) in [5.41, 5.74) is 0.839. The number of ketones is 1. The van der Waals surface area contributed by atoms with E-state index in [1.54, 1.807) is 0 Å². The highest BCUT2D eigenvalue weighted by atomic mass is 16.1. The molecule has 1 fully saturated rings. The van der Waals surface area contributed by atoms with Crippen molar-refractivity contribution in [2.75, 3.05) is 13.1 Å². The van der Waals surface area contributed by atoms with E-state index >= 15 is 0 Å². The van der Waals surface area contributed by atoms with Gasteiger partial charge >= 0.3 is 0 Å². The Balaban J connectivity index is 2.00. The molecule has 1 aromatic carbocycles. The van der Waals surface area contributed by atoms with Gasteiger partial charge in [0.2, 0.25) is 0 Å². The third-order valence-electron chi connectivity index (χ3n) is 4.73. The Morgan fingerprint density at radius 2 is 1.90 bits per heavy atom. The van der Waals surface area contributed by atoms with Crippen molar-refractivity contribution in [2.24, 2.45) is 17.8 Å². The zero-order valence-electron chi connectivity index (χ0n) is 13.2. The summed E-state index contributed by atoms with van der Waals surface area (Å²) < 4.78 is 0. The van der Waals surface area contributed by atoms with E-state index in [4.69, 9.17) is 0 Å². The predicted molar refractivity (Wildman–Crippen MR) is 83.9 cm³/mol. The van der Waals surface area contributed by atoms with E-state index in [1.165, 1.54) is 6.42 Å². The predicted octanol–water partition coefficient (Wildman–Crippen LogP) is 3.87. The fourth-order valence-electron chi connectivity index (χ4n) is 3.40. The molecule has 0 spiro atoms. The lowest BCUT2D eigenvalue weighted by Crippen LogP contribution is -2.48. The summed E-state index contributed by atoms with van der Waals surface area (Å²) in [6.07, 6.45) is 1.30. The number of hydrogen-bond donors (Lipinski definition) is 0. The van der Waals surface area contributed by atoms with Gasteiger partial charge in [-0.25, -0.2) is 0 Å². The first kappa shape index (κ1) is 15.2. The number of likely N-dealkylation sites (tertiary alicyclic amines) is 1. The summed E-state index contributed by atoms with van der Waals surface area (Å²) in [4.78, 5) is 15.0. The fourth-order valence-corrected chi connectivity index (χ4v) is 3.40. The molecule has 0 N–H and O–H groups in total. The normalized spacial score (nSPS) is 29.1. The molecule has 0 aliphatic carbocycles. The molecular weight excluding hydrogens is 246 g/mol. The van der Waals surface area contributed by atoms with Gasteiger partial charge in [-0.3, -0.25) is 9.69 Å². The van der Waals surface area contributed by atoms with Crippen molar-refractivity contribution in [2.45, 2.75) is 40.2 Å². The summed E-state index contributed by atoms with van der Waals surface area (Å²) in [6.45, 7) is 11.0. The van der Waals surface area contributed by atoms with Gasteiger partial charge in [-0.2, -0.15) is 0 Å². The van der Waals surface area contributed by atoms with Crippen LogP contribution in [0.2, 0.25) is 0 Å². The molecule has 1 aliphatic heterocycles. The van der Waals surface area contributed by atoms with Crippen LogP contribution in [0, 0.1) is 17.8 Å². The van der Waals surface area contributed by atoms with Crippen LogP contribution in [0.1, 0.15) is 44.5 Å². The van der Waals surface area contributed by atoms with Crippen molar-refractivity contribution in [1.29, 1.82) is 0 Å². The molecule has 0 radical (unpaired) electrons. The van der Waals surface area contributed by atoms with Crippen LogP contribution < -0.4 is 0 Å². The van der Waals surface area contributed by atoms with Gasteiger partial charge in [0.05, 0.1) is 0 Å². The number of rotatable bonds is 4. The highest BCUT2D eigenvalue weighted by Crippen LogP contribution is 2.27. The largest absolute Gasteiger partial charge is 0.299 e. The van der Waals surface area contributed by atoms with Crippen LogP contribution in [-0.2, 0) is 0 Å². The van der Waals surface area contributed by atoms with Crippen molar-refractivity contribution in [3.05, 3.63) is 35.9 Å². The zero-order chi connectivity index (χ0) is 14.7. The van der Waals surface area contributed by atoms with E-state index < -0.39 is 0 Å². The van der Waals surface area contributed by atoms with E-state index in [-0.39, 0.29) is 11.7 Å². The topological polar surface area (TPSA) is 20.3 Å². The summed E-state index contributed by atoms with van der Waals surface area (Å²) >= 11 is 0. The molecule has 2 rings (SSSR count). The molecule has 0 aromatic heterocycles. The molecule has 1 aliphatic rings. The first-order valence-corrected chi connectivity index (χ1v) is 7.82. The number of Topliss-reactive ketones (excluding diaryl/α,β-unsaturated/α-hetero) is 1. The van der Waals surface area contributed by atoms with E-state index in [2.05, 4.69) is 32.6 Å². The summed E-state index contributed by atoms with van der Waals surface area (Å²) in [5, 5.41) is 0. The number of carbonyl (C=O) groups is 1. The molecule has 2 nitrogen and oxygen atoms in total. The summed E-state index contributed by atoms with van der Waals surface area (Å²) in [7, 11) is 0. The lowest BCUT2D eigenvalue weighted by atomic mass is 9.85. The molecule has 1 aromatic rings. The van der Waals surface area contributed by atoms with Gasteiger partial charge in [-0.05, 0) is 25.2 Å². The molecule has 0 saturated carbocycles. The second-order valence-corrected chi connectivity index (χ2v) is 6.64. The van der Waals surface area contributed by atoms with E-state index in [9.17, 15) is 4.79 Å². The molecule has 20 heavy (non-hydrogen) atoms. The van der Waals surface area contributed by atoms with Crippen LogP contribution in [0.15, 0.2) is 30.3 Å². The van der Waals surface area contributed by atoms with Crippen LogP contribution in [0.25, 0.3) is 0 Å². The minimum absolute atomic E-state index is 0.0670. The average molecular weight is 273 g/mol. The van der Waals surface area contributed by atoms with Crippen molar-refractivity contribution in [1.82, 2.24) is 4.90 Å². The van der Waals surface area contributed by atoms with Crippen molar-refractivity contribution < 1.29 is 4.79 Å². The van der Waals surface area contributed by atoms with Crippen LogP contribution in [-0.4, -0.2) is 29.8 Å². The third kappa shape index (κ3) is 3.49. The molecule has 1 saturated heterocycles. The Labute approximate surface area is 123 Å². The summed E-state index contributed by atoms with van der Waals surface area (Å²) in [6, 6.07) is 10.3. The number of hydrogen-bond acceptors (Lipinski definition) is 2. The molecule has 2 heteroatoms. The molecule has 4 atom stereocenters. The molecule has 4 unspecified atom stereocenters. The van der Waals surface area contributed by atoms with Crippen LogP contribution in [0.4, 0.5) is 0 Å². The SMILES string of the molecule is CC1CC(C)C(C)N(CC(C)C(=O)c2ccccc2)C1. The Morgan fingerprint density at radius 3 is 2.55 bits per heavy atom. The van der Waals surface area contributed by atoms with Crippen molar-refractivity contribution >= 4 is 5.78 Å². The van der Waals surface area contributed by atoms with E-state index in [1.807, 2.05) is 30.3 Å². The lowest BCUT2D eigenvalue weighted by molar-refractivity contribution is 0.0598. The zero-order valence-corrected chi connectivity index (χ0v) is 13.2. The van der Waals surface area contributed by atoms with Gasteiger partial charge in [0.25, 0.3) is 0 Å². The standard InChI is InChI=1S/C18H27NO/c1-13-10-14(2)16(4)19(11-13)12-15(3)18(20)17-8-6-5-7-9-17/h5-9,13-16H,10-12H2,1-4H3. The Kier molecular flexibility index (Phi) is 4.98. The van der Waals surface area contributed by atoms with Crippen LogP contribution in [0.3, 0.4) is 0 Å². The van der Waals surface area contributed by atoms with Gasteiger partial charge in [0, 0.05) is 30.6 Å². The first-order valence-electron chi connectivity index (χ1n) is 7.82. The molecular formula is C18H27NO. The highest BCUT2D eigenvalue weighted by Gasteiger charge is 2.30. The number of carbonyl (C=O) groups excluding carboxylic acids is 1. The second-order valence-electron chi connectivity index (χ2n) is 6.64. The van der Waals surface area contributed by atoms with Crippen LogP contribution in [0.5, 0.6) is 0 Å². The molecule has 0 bridgehead atoms. The summed E-state index contributed by atoms with van der Waals surface area (Å²) in [5.74, 6) is 1.79. The average Bonchev–Trinajstić information content (AvgIpc) is 2.44. The minimum Gasteiger partial charge on any atom is -0.299 e. The van der Waals surface area contributed by atoms with Gasteiger partial charge < -0.3 is 0 Å². The van der Waals surface area contributed by atoms with E-state index in [0.717, 1.165) is 30.5 Å². The number of nitrogens with zero attached hydrogens (tertiary/aromatic N) is 1. The third-order valence-corrected chi connectivity index (χ3v) is 4.73. The minimum atomic E-state index is 0.0670. The van der Waals surface area contributed by atoms with Crippen molar-refractivity contribution in [3.63, 3.8) is 0 Å². The Bertz CT molecular complexity index is 442. The van der Waals surface area contributed by atoms with Gasteiger partial charge in [-0.1, -0.05) is 51.1 Å². The van der Waals surface area contributed by atoms with Gasteiger partial charge in [0.15, 0.2) is 5.78 Å². The quantitative estimate of drug-likeness (QED) is 0.776. The van der Waals surface area contributed by atoms with E-state index in [0.29, 0.717) is 6.04 Å². The van der Waals surface area contributed by atoms with Gasteiger partial charge in [-0.15, -0.1) is 0 Å². The smallest absolute Gasteiger partial charge is 0.166 e. The monoisotopic (exact) mass is 273 g/mol. The van der Waals surface area contributed by atoms with Crippen LogP contribution >= 0.6 is 0 Å². The fraction of sp³-hybridized carbons (Fsp3) is 0.611.